The van der Waals surface area contributed by atoms with Crippen LogP contribution in [0.2, 0.25) is 0 Å². The summed E-state index contributed by atoms with van der Waals surface area (Å²) in [6, 6.07) is 4.15. The van der Waals surface area contributed by atoms with Crippen molar-refractivity contribution in [2.75, 3.05) is 13.1 Å². The first kappa shape index (κ1) is 18.2. The average Bonchev–Trinajstić information content (AvgIpc) is 2.89. The van der Waals surface area contributed by atoms with Crippen LogP contribution < -0.4 is 10.0 Å². The summed E-state index contributed by atoms with van der Waals surface area (Å²) in [6.07, 6.45) is -2.95. The summed E-state index contributed by atoms with van der Waals surface area (Å²) in [5.74, 6) is 0. The topological polar surface area (TPSA) is 58.2 Å². The van der Waals surface area contributed by atoms with Crippen LogP contribution in [0.1, 0.15) is 18.4 Å². The summed E-state index contributed by atoms with van der Waals surface area (Å²) in [5.41, 5.74) is -1.15. The van der Waals surface area contributed by atoms with Gasteiger partial charge in [0.25, 0.3) is 0 Å². The largest absolute Gasteiger partial charge is 0.417 e. The van der Waals surface area contributed by atoms with Gasteiger partial charge in [0.2, 0.25) is 10.0 Å². The maximum atomic E-state index is 12.8. The van der Waals surface area contributed by atoms with Crippen LogP contribution in [0.4, 0.5) is 13.2 Å². The summed E-state index contributed by atoms with van der Waals surface area (Å²) in [5, 5.41) is 3.08. The van der Waals surface area contributed by atoms with Gasteiger partial charge in [-0.3, -0.25) is 0 Å². The Hall–Kier alpha value is -0.830. The molecular weight excluding hydrogens is 329 g/mol. The lowest BCUT2D eigenvalue weighted by Crippen LogP contribution is -2.37. The summed E-state index contributed by atoms with van der Waals surface area (Å²) in [4.78, 5) is -0.731. The van der Waals surface area contributed by atoms with Crippen molar-refractivity contribution in [3.8, 4) is 0 Å². The monoisotopic (exact) mass is 344 g/mol. The van der Waals surface area contributed by atoms with Gasteiger partial charge in [0.05, 0.1) is 10.5 Å². The van der Waals surface area contributed by atoms with Gasteiger partial charge in [0.15, 0.2) is 0 Å². The maximum absolute atomic E-state index is 12.8. The van der Waals surface area contributed by atoms with Crippen molar-refractivity contribution in [1.82, 2.24) is 10.0 Å². The van der Waals surface area contributed by atoms with E-state index in [1.54, 1.807) is 0 Å². The minimum atomic E-state index is -4.70. The third kappa shape index (κ3) is 4.57. The first-order valence-electron chi connectivity index (χ1n) is 6.20. The molecule has 1 atom stereocenters. The molecule has 0 saturated carbocycles. The van der Waals surface area contributed by atoms with Crippen molar-refractivity contribution >= 4 is 22.4 Å². The van der Waals surface area contributed by atoms with E-state index in [4.69, 9.17) is 0 Å². The molecule has 21 heavy (non-hydrogen) atoms. The van der Waals surface area contributed by atoms with Gasteiger partial charge in [0.1, 0.15) is 0 Å². The molecule has 4 nitrogen and oxygen atoms in total. The van der Waals surface area contributed by atoms with Gasteiger partial charge in [0, 0.05) is 12.6 Å². The lowest BCUT2D eigenvalue weighted by molar-refractivity contribution is -0.139. The first-order valence-corrected chi connectivity index (χ1v) is 7.68. The van der Waals surface area contributed by atoms with E-state index in [1.807, 2.05) is 0 Å². The van der Waals surface area contributed by atoms with Crippen LogP contribution in [-0.2, 0) is 16.2 Å². The van der Waals surface area contributed by atoms with Gasteiger partial charge in [-0.25, -0.2) is 13.1 Å². The summed E-state index contributed by atoms with van der Waals surface area (Å²) >= 11 is 0. The fourth-order valence-electron chi connectivity index (χ4n) is 2.15. The standard InChI is InChI=1S/C12H15F3N2O2S.ClH/c13-12(14,15)10-5-1-2-6-11(10)20(18,19)17-8-9-4-3-7-16-9;/h1-2,5-6,9,16-17H,3-4,7-8H2;1H. The van der Waals surface area contributed by atoms with Crippen molar-refractivity contribution < 1.29 is 21.6 Å². The molecule has 1 aromatic rings. The zero-order chi connectivity index (χ0) is 14.8. The number of rotatable bonds is 4. The minimum absolute atomic E-state index is 0. The smallest absolute Gasteiger partial charge is 0.313 e. The van der Waals surface area contributed by atoms with E-state index in [0.29, 0.717) is 0 Å². The molecule has 0 aromatic heterocycles. The molecule has 0 aliphatic carbocycles. The number of benzene rings is 1. The zero-order valence-electron chi connectivity index (χ0n) is 11.0. The molecule has 1 fully saturated rings. The van der Waals surface area contributed by atoms with E-state index in [1.165, 1.54) is 12.1 Å². The zero-order valence-corrected chi connectivity index (χ0v) is 12.6. The van der Waals surface area contributed by atoms with Crippen LogP contribution in [0.15, 0.2) is 29.2 Å². The molecular formula is C12H16ClF3N2O2S. The first-order chi connectivity index (χ1) is 9.31. The van der Waals surface area contributed by atoms with Gasteiger partial charge < -0.3 is 5.32 Å². The van der Waals surface area contributed by atoms with Crippen molar-refractivity contribution in [3.05, 3.63) is 29.8 Å². The molecule has 1 aromatic carbocycles. The third-order valence-electron chi connectivity index (χ3n) is 3.16. The van der Waals surface area contributed by atoms with E-state index < -0.39 is 26.7 Å². The van der Waals surface area contributed by atoms with Crippen molar-refractivity contribution in [2.24, 2.45) is 0 Å². The van der Waals surface area contributed by atoms with E-state index in [2.05, 4.69) is 10.0 Å². The molecule has 1 saturated heterocycles. The molecule has 1 aliphatic rings. The highest BCUT2D eigenvalue weighted by Gasteiger charge is 2.36. The fraction of sp³-hybridized carbons (Fsp3) is 0.500. The fourth-order valence-corrected chi connectivity index (χ4v) is 3.46. The van der Waals surface area contributed by atoms with Gasteiger partial charge in [-0.2, -0.15) is 13.2 Å². The molecule has 1 heterocycles. The molecule has 1 aliphatic heterocycles. The van der Waals surface area contributed by atoms with Crippen LogP contribution in [0.25, 0.3) is 0 Å². The van der Waals surface area contributed by atoms with Gasteiger partial charge in [-0.15, -0.1) is 12.4 Å². The van der Waals surface area contributed by atoms with Crippen LogP contribution in [0.3, 0.4) is 0 Å². The second-order valence-electron chi connectivity index (χ2n) is 4.64. The number of halogens is 4. The summed E-state index contributed by atoms with van der Waals surface area (Å²) < 4.78 is 64.7. The Bertz CT molecular complexity index is 572. The number of hydrogen-bond acceptors (Lipinski definition) is 3. The van der Waals surface area contributed by atoms with E-state index in [-0.39, 0.29) is 25.0 Å². The predicted octanol–water partition coefficient (Wildman–Crippen LogP) is 2.16. The Morgan fingerprint density at radius 1 is 1.29 bits per heavy atom. The third-order valence-corrected chi connectivity index (χ3v) is 4.65. The normalized spacial score (nSPS) is 19.3. The van der Waals surface area contributed by atoms with E-state index >= 15 is 0 Å². The van der Waals surface area contributed by atoms with Crippen molar-refractivity contribution in [3.63, 3.8) is 0 Å². The Balaban J connectivity index is 0.00000220. The second kappa shape index (κ2) is 6.95. The summed E-state index contributed by atoms with van der Waals surface area (Å²) in [7, 11) is -4.17. The Labute approximate surface area is 127 Å². The average molecular weight is 345 g/mol. The maximum Gasteiger partial charge on any atom is 0.417 e. The minimum Gasteiger partial charge on any atom is -0.313 e. The second-order valence-corrected chi connectivity index (χ2v) is 6.37. The molecule has 1 unspecified atom stereocenters. The molecule has 2 N–H and O–H groups in total. The number of nitrogens with one attached hydrogen (secondary N) is 2. The number of hydrogen-bond donors (Lipinski definition) is 2. The molecule has 2 rings (SSSR count). The number of sulfonamides is 1. The van der Waals surface area contributed by atoms with Gasteiger partial charge >= 0.3 is 6.18 Å². The van der Waals surface area contributed by atoms with Crippen LogP contribution >= 0.6 is 12.4 Å². The molecule has 0 radical (unpaired) electrons. The van der Waals surface area contributed by atoms with E-state index in [9.17, 15) is 21.6 Å². The SMILES string of the molecule is Cl.O=S(=O)(NCC1CCCN1)c1ccccc1C(F)(F)F. The Morgan fingerprint density at radius 3 is 2.52 bits per heavy atom. The van der Waals surface area contributed by atoms with Gasteiger partial charge in [-0.1, -0.05) is 12.1 Å². The van der Waals surface area contributed by atoms with Gasteiger partial charge in [-0.05, 0) is 31.5 Å². The van der Waals surface area contributed by atoms with Crippen molar-refractivity contribution in [2.45, 2.75) is 30.0 Å². The quantitative estimate of drug-likeness (QED) is 0.880. The van der Waals surface area contributed by atoms with Crippen LogP contribution in [0, 0.1) is 0 Å². The van der Waals surface area contributed by atoms with Crippen LogP contribution in [-0.4, -0.2) is 27.5 Å². The van der Waals surface area contributed by atoms with E-state index in [0.717, 1.165) is 31.5 Å². The molecule has 120 valence electrons. The Kier molecular flexibility index (Phi) is 6.03. The summed E-state index contributed by atoms with van der Waals surface area (Å²) in [6.45, 7) is 0.889. The predicted molar refractivity (Wildman–Crippen MR) is 74.9 cm³/mol. The highest BCUT2D eigenvalue weighted by atomic mass is 35.5. The molecule has 0 bridgehead atoms. The highest BCUT2D eigenvalue weighted by molar-refractivity contribution is 7.89. The highest BCUT2D eigenvalue weighted by Crippen LogP contribution is 2.33. The van der Waals surface area contributed by atoms with Crippen molar-refractivity contribution in [1.29, 1.82) is 0 Å². The lowest BCUT2D eigenvalue weighted by atomic mass is 10.2. The Morgan fingerprint density at radius 2 is 1.95 bits per heavy atom. The molecule has 0 spiro atoms. The molecule has 9 heteroatoms. The lowest BCUT2D eigenvalue weighted by Gasteiger charge is -2.15. The molecule has 0 amide bonds. The number of alkyl halides is 3. The van der Waals surface area contributed by atoms with Crippen LogP contribution in [0.5, 0.6) is 0 Å².